The Kier molecular flexibility index (Phi) is 4.78. The second kappa shape index (κ2) is 6.20. The van der Waals surface area contributed by atoms with E-state index in [1.54, 1.807) is 6.92 Å². The average molecular weight is 280 g/mol. The lowest BCUT2D eigenvalue weighted by Gasteiger charge is -2.43. The maximum Gasteiger partial charge on any atom is 0.126 e. The summed E-state index contributed by atoms with van der Waals surface area (Å²) in [5, 5.41) is 13.1. The Morgan fingerprint density at radius 1 is 1.35 bits per heavy atom. The Hall–Kier alpha value is -0.970. The first kappa shape index (κ1) is 15.4. The van der Waals surface area contributed by atoms with Crippen LogP contribution in [0.2, 0.25) is 0 Å². The molecule has 1 aliphatic heterocycles. The number of aliphatic hydroxyl groups excluding tert-OH is 1. The molecule has 112 valence electrons. The normalized spacial score (nSPS) is 19.1. The van der Waals surface area contributed by atoms with Crippen molar-refractivity contribution in [2.45, 2.75) is 26.8 Å². The Morgan fingerprint density at radius 2 is 2.00 bits per heavy atom. The summed E-state index contributed by atoms with van der Waals surface area (Å²) >= 11 is 0. The summed E-state index contributed by atoms with van der Waals surface area (Å²) in [4.78, 5) is 2.39. The molecular formula is C16H25FN2O. The van der Waals surface area contributed by atoms with Crippen molar-refractivity contribution in [3.05, 3.63) is 35.1 Å². The van der Waals surface area contributed by atoms with Gasteiger partial charge in [0.25, 0.3) is 0 Å². The van der Waals surface area contributed by atoms with Gasteiger partial charge in [0.1, 0.15) is 5.82 Å². The number of benzene rings is 1. The number of halogens is 1. The van der Waals surface area contributed by atoms with Crippen molar-refractivity contribution in [3.8, 4) is 0 Å². The van der Waals surface area contributed by atoms with Gasteiger partial charge in [-0.1, -0.05) is 26.0 Å². The molecule has 20 heavy (non-hydrogen) atoms. The number of piperazine rings is 1. The van der Waals surface area contributed by atoms with Crippen LogP contribution in [0.25, 0.3) is 0 Å². The largest absolute Gasteiger partial charge is 0.396 e. The second-order valence-electron chi connectivity index (χ2n) is 6.34. The topological polar surface area (TPSA) is 35.5 Å². The van der Waals surface area contributed by atoms with Gasteiger partial charge in [0, 0.05) is 44.2 Å². The molecule has 0 aromatic heterocycles. The standard InChI is InChI=1S/C16H25FN2O/c1-12-10-13(4-5-14(12)17)15(16(2,3)11-20)19-8-6-18-7-9-19/h4-5,10,15,18,20H,6-9,11H2,1-3H3/t15-/m0/s1. The van der Waals surface area contributed by atoms with E-state index < -0.39 is 0 Å². The van der Waals surface area contributed by atoms with E-state index in [-0.39, 0.29) is 23.9 Å². The van der Waals surface area contributed by atoms with Gasteiger partial charge in [-0.15, -0.1) is 0 Å². The van der Waals surface area contributed by atoms with Crippen molar-refractivity contribution >= 4 is 0 Å². The molecule has 0 radical (unpaired) electrons. The highest BCUT2D eigenvalue weighted by Crippen LogP contribution is 2.38. The molecule has 1 fully saturated rings. The maximum atomic E-state index is 13.5. The molecule has 2 N–H and O–H groups in total. The van der Waals surface area contributed by atoms with E-state index in [0.717, 1.165) is 31.7 Å². The first-order valence-corrected chi connectivity index (χ1v) is 7.27. The van der Waals surface area contributed by atoms with Gasteiger partial charge >= 0.3 is 0 Å². The molecule has 1 aliphatic rings. The summed E-state index contributed by atoms with van der Waals surface area (Å²) in [6.07, 6.45) is 0. The molecule has 1 atom stereocenters. The molecule has 1 heterocycles. The van der Waals surface area contributed by atoms with Crippen molar-refractivity contribution in [3.63, 3.8) is 0 Å². The summed E-state index contributed by atoms with van der Waals surface area (Å²) in [5.41, 5.74) is 1.49. The fourth-order valence-corrected chi connectivity index (χ4v) is 3.02. The minimum atomic E-state index is -0.262. The number of nitrogens with zero attached hydrogens (tertiary/aromatic N) is 1. The summed E-state index contributed by atoms with van der Waals surface area (Å²) in [5.74, 6) is -0.172. The predicted molar refractivity (Wildman–Crippen MR) is 79.2 cm³/mol. The Balaban J connectivity index is 2.36. The molecule has 0 unspecified atom stereocenters. The van der Waals surface area contributed by atoms with Gasteiger partial charge in [-0.05, 0) is 24.1 Å². The highest BCUT2D eigenvalue weighted by molar-refractivity contribution is 5.28. The molecular weight excluding hydrogens is 255 g/mol. The van der Waals surface area contributed by atoms with Crippen molar-refractivity contribution in [1.29, 1.82) is 0 Å². The monoisotopic (exact) mass is 280 g/mol. The fourth-order valence-electron chi connectivity index (χ4n) is 3.02. The lowest BCUT2D eigenvalue weighted by molar-refractivity contribution is 0.0304. The molecule has 0 amide bonds. The van der Waals surface area contributed by atoms with Crippen LogP contribution in [0.4, 0.5) is 4.39 Å². The van der Waals surface area contributed by atoms with E-state index in [9.17, 15) is 9.50 Å². The minimum absolute atomic E-state index is 0.105. The van der Waals surface area contributed by atoms with E-state index in [1.165, 1.54) is 6.07 Å². The van der Waals surface area contributed by atoms with Crippen LogP contribution in [-0.2, 0) is 0 Å². The number of hydrogen-bond acceptors (Lipinski definition) is 3. The number of aryl methyl sites for hydroxylation is 1. The van der Waals surface area contributed by atoms with E-state index in [2.05, 4.69) is 24.1 Å². The summed E-state index contributed by atoms with van der Waals surface area (Å²) < 4.78 is 13.5. The third-order valence-electron chi connectivity index (χ3n) is 4.16. The number of aliphatic hydroxyl groups is 1. The maximum absolute atomic E-state index is 13.5. The molecule has 0 bridgehead atoms. The molecule has 2 rings (SSSR count). The second-order valence-corrected chi connectivity index (χ2v) is 6.34. The van der Waals surface area contributed by atoms with Gasteiger partial charge in [-0.2, -0.15) is 0 Å². The van der Waals surface area contributed by atoms with Crippen LogP contribution in [0.1, 0.15) is 31.0 Å². The van der Waals surface area contributed by atoms with E-state index in [4.69, 9.17) is 0 Å². The first-order chi connectivity index (χ1) is 9.45. The third-order valence-corrected chi connectivity index (χ3v) is 4.16. The van der Waals surface area contributed by atoms with Crippen LogP contribution in [-0.4, -0.2) is 42.8 Å². The third kappa shape index (κ3) is 3.19. The minimum Gasteiger partial charge on any atom is -0.396 e. The predicted octanol–water partition coefficient (Wildman–Crippen LogP) is 2.10. The van der Waals surface area contributed by atoms with Crippen molar-refractivity contribution in [1.82, 2.24) is 10.2 Å². The van der Waals surface area contributed by atoms with Crippen LogP contribution in [0.5, 0.6) is 0 Å². The Labute approximate surface area is 120 Å². The molecule has 1 aromatic rings. The zero-order chi connectivity index (χ0) is 14.8. The zero-order valence-corrected chi connectivity index (χ0v) is 12.6. The smallest absolute Gasteiger partial charge is 0.126 e. The highest BCUT2D eigenvalue weighted by atomic mass is 19.1. The average Bonchev–Trinajstić information content (AvgIpc) is 2.44. The number of hydrogen-bond donors (Lipinski definition) is 2. The highest BCUT2D eigenvalue weighted by Gasteiger charge is 2.35. The van der Waals surface area contributed by atoms with Gasteiger partial charge < -0.3 is 10.4 Å². The van der Waals surface area contributed by atoms with Gasteiger partial charge in [-0.25, -0.2) is 4.39 Å². The summed E-state index contributed by atoms with van der Waals surface area (Å²) in [6, 6.07) is 5.41. The fraction of sp³-hybridized carbons (Fsp3) is 0.625. The molecule has 4 heteroatoms. The van der Waals surface area contributed by atoms with Crippen LogP contribution in [0, 0.1) is 18.2 Å². The molecule has 3 nitrogen and oxygen atoms in total. The SMILES string of the molecule is Cc1cc([C@H](N2CCNCC2)C(C)(C)CO)ccc1F. The lowest BCUT2D eigenvalue weighted by atomic mass is 9.79. The lowest BCUT2D eigenvalue weighted by Crippen LogP contribution is -2.49. The first-order valence-electron chi connectivity index (χ1n) is 7.27. The molecule has 0 aliphatic carbocycles. The van der Waals surface area contributed by atoms with Crippen molar-refractivity contribution in [2.75, 3.05) is 32.8 Å². The van der Waals surface area contributed by atoms with Crippen molar-refractivity contribution in [2.24, 2.45) is 5.41 Å². The summed E-state index contributed by atoms with van der Waals surface area (Å²) in [6.45, 7) is 9.85. The zero-order valence-electron chi connectivity index (χ0n) is 12.6. The van der Waals surface area contributed by atoms with Gasteiger partial charge in [0.15, 0.2) is 0 Å². The van der Waals surface area contributed by atoms with Gasteiger partial charge in [0.2, 0.25) is 0 Å². The van der Waals surface area contributed by atoms with E-state index in [0.29, 0.717) is 5.56 Å². The molecule has 1 aromatic carbocycles. The van der Waals surface area contributed by atoms with Gasteiger partial charge in [0.05, 0.1) is 0 Å². The quantitative estimate of drug-likeness (QED) is 0.886. The van der Waals surface area contributed by atoms with Crippen LogP contribution in [0.15, 0.2) is 18.2 Å². The van der Waals surface area contributed by atoms with E-state index >= 15 is 0 Å². The van der Waals surface area contributed by atoms with Crippen LogP contribution < -0.4 is 5.32 Å². The summed E-state index contributed by atoms with van der Waals surface area (Å²) in [7, 11) is 0. The number of nitrogens with one attached hydrogen (secondary N) is 1. The molecule has 0 spiro atoms. The Bertz CT molecular complexity index is 456. The van der Waals surface area contributed by atoms with Crippen molar-refractivity contribution < 1.29 is 9.50 Å². The van der Waals surface area contributed by atoms with Gasteiger partial charge in [-0.3, -0.25) is 4.90 Å². The van der Waals surface area contributed by atoms with E-state index in [1.807, 2.05) is 12.1 Å². The molecule has 0 saturated carbocycles. The number of rotatable bonds is 4. The van der Waals surface area contributed by atoms with Crippen LogP contribution >= 0.6 is 0 Å². The Morgan fingerprint density at radius 3 is 2.55 bits per heavy atom. The molecule has 1 saturated heterocycles. The van der Waals surface area contributed by atoms with Crippen LogP contribution in [0.3, 0.4) is 0 Å².